The minimum absolute atomic E-state index is 0.106. The quantitative estimate of drug-likeness (QED) is 0.193. The van der Waals surface area contributed by atoms with Gasteiger partial charge in [0.05, 0.1) is 11.1 Å². The largest absolute Gasteiger partial charge is 0.325 e. The molecular formula is C22H19N3O2S4. The molecule has 4 aromatic rings. The Morgan fingerprint density at radius 3 is 2.90 bits per heavy atom. The van der Waals surface area contributed by atoms with Crippen LogP contribution in [0, 0.1) is 0 Å². The lowest BCUT2D eigenvalue weighted by molar-refractivity contribution is -0.113. The summed E-state index contributed by atoms with van der Waals surface area (Å²) in [7, 11) is 0. The Morgan fingerprint density at radius 1 is 1.29 bits per heavy atom. The Bertz CT molecular complexity index is 1290. The summed E-state index contributed by atoms with van der Waals surface area (Å²) in [6.45, 7) is 4.11. The second-order valence-electron chi connectivity index (χ2n) is 6.47. The van der Waals surface area contributed by atoms with Crippen molar-refractivity contribution < 1.29 is 4.79 Å². The predicted octanol–water partition coefficient (Wildman–Crippen LogP) is 5.83. The number of carbonyl (C=O) groups excluding carboxylic acids is 1. The molecule has 0 atom stereocenters. The molecule has 0 spiro atoms. The maximum absolute atomic E-state index is 13.3. The van der Waals surface area contributed by atoms with Gasteiger partial charge in [-0.25, -0.2) is 4.98 Å². The first-order valence-electron chi connectivity index (χ1n) is 9.34. The van der Waals surface area contributed by atoms with Crippen molar-refractivity contribution in [1.82, 2.24) is 9.55 Å². The third kappa shape index (κ3) is 4.79. The third-order valence-corrected chi connectivity index (χ3v) is 7.92. The Hall–Kier alpha value is -2.33. The topological polar surface area (TPSA) is 64.0 Å². The van der Waals surface area contributed by atoms with Gasteiger partial charge in [-0.15, -0.1) is 41.0 Å². The van der Waals surface area contributed by atoms with Gasteiger partial charge >= 0.3 is 0 Å². The van der Waals surface area contributed by atoms with Crippen molar-refractivity contribution in [2.24, 2.45) is 0 Å². The van der Waals surface area contributed by atoms with E-state index < -0.39 is 0 Å². The van der Waals surface area contributed by atoms with Crippen LogP contribution >= 0.6 is 46.2 Å². The second kappa shape index (κ2) is 9.86. The molecule has 5 nitrogen and oxygen atoms in total. The number of anilines is 1. The molecule has 1 aromatic carbocycles. The highest BCUT2D eigenvalue weighted by molar-refractivity contribution is 7.99. The number of hydrogen-bond donors (Lipinski definition) is 1. The van der Waals surface area contributed by atoms with Crippen molar-refractivity contribution in [3.05, 3.63) is 70.2 Å². The molecule has 0 aliphatic carbocycles. The van der Waals surface area contributed by atoms with Crippen molar-refractivity contribution in [2.75, 3.05) is 17.3 Å². The number of carbonyl (C=O) groups is 1. The van der Waals surface area contributed by atoms with Crippen LogP contribution in [0.3, 0.4) is 0 Å². The van der Waals surface area contributed by atoms with Gasteiger partial charge in [-0.05, 0) is 35.9 Å². The average molecular weight is 486 g/mol. The van der Waals surface area contributed by atoms with Crippen LogP contribution in [0.15, 0.2) is 74.7 Å². The summed E-state index contributed by atoms with van der Waals surface area (Å²) in [4.78, 5) is 33.3. The molecule has 0 saturated carbocycles. The summed E-state index contributed by atoms with van der Waals surface area (Å²) in [6.07, 6.45) is 3.66. The molecule has 1 N–H and O–H groups in total. The number of thiophene rings is 2. The normalized spacial score (nSPS) is 11.0. The van der Waals surface area contributed by atoms with Crippen LogP contribution in [0.5, 0.6) is 0 Å². The summed E-state index contributed by atoms with van der Waals surface area (Å²) in [5, 5.41) is 8.02. The number of aromatic nitrogens is 2. The van der Waals surface area contributed by atoms with Gasteiger partial charge in [-0.2, -0.15) is 0 Å². The van der Waals surface area contributed by atoms with Gasteiger partial charge in [0.15, 0.2) is 5.16 Å². The number of allylic oxidation sites excluding steroid dienone is 1. The molecule has 158 valence electrons. The Balaban J connectivity index is 1.59. The fourth-order valence-electron chi connectivity index (χ4n) is 3.05. The molecule has 0 fully saturated rings. The van der Waals surface area contributed by atoms with Gasteiger partial charge < -0.3 is 5.32 Å². The smallest absolute Gasteiger partial charge is 0.263 e. The van der Waals surface area contributed by atoms with E-state index in [0.717, 1.165) is 21.0 Å². The van der Waals surface area contributed by atoms with E-state index in [1.54, 1.807) is 33.7 Å². The molecule has 0 bridgehead atoms. The molecule has 0 saturated heterocycles. The van der Waals surface area contributed by atoms with Crippen molar-refractivity contribution >= 4 is 68.0 Å². The van der Waals surface area contributed by atoms with E-state index in [1.807, 2.05) is 53.4 Å². The van der Waals surface area contributed by atoms with E-state index in [0.29, 0.717) is 21.9 Å². The maximum Gasteiger partial charge on any atom is 0.263 e. The second-order valence-corrected chi connectivity index (χ2v) is 10.1. The first-order chi connectivity index (χ1) is 15.1. The van der Waals surface area contributed by atoms with Crippen molar-refractivity contribution in [3.8, 4) is 10.4 Å². The zero-order valence-electron chi connectivity index (χ0n) is 16.7. The number of thioether (sulfide) groups is 2. The molecule has 0 radical (unpaired) electrons. The first kappa shape index (κ1) is 21.9. The SMILES string of the molecule is C=CCn1c(SCC(=O)Nc2cccc(SC)c2)nc2scc(-c3cccs3)c2c1=O. The van der Waals surface area contributed by atoms with E-state index in [1.165, 1.54) is 23.1 Å². The Labute approximate surface area is 196 Å². The number of amides is 1. The number of fused-ring (bicyclic) bond motifs is 1. The summed E-state index contributed by atoms with van der Waals surface area (Å²) >= 11 is 5.92. The van der Waals surface area contributed by atoms with Gasteiger partial charge in [0.2, 0.25) is 5.91 Å². The van der Waals surface area contributed by atoms with Crippen LogP contribution in [0.2, 0.25) is 0 Å². The van der Waals surface area contributed by atoms with Crippen LogP contribution < -0.4 is 10.9 Å². The fraction of sp³-hybridized carbons (Fsp3) is 0.136. The molecule has 3 heterocycles. The predicted molar refractivity (Wildman–Crippen MR) is 135 cm³/mol. The number of nitrogens with one attached hydrogen (secondary N) is 1. The summed E-state index contributed by atoms with van der Waals surface area (Å²) in [5.74, 6) is 0.00933. The van der Waals surface area contributed by atoms with E-state index in [9.17, 15) is 9.59 Å². The molecule has 3 aromatic heterocycles. The lowest BCUT2D eigenvalue weighted by atomic mass is 10.2. The lowest BCUT2D eigenvalue weighted by Crippen LogP contribution is -2.23. The zero-order valence-corrected chi connectivity index (χ0v) is 19.9. The molecule has 1 amide bonds. The van der Waals surface area contributed by atoms with Crippen LogP contribution in [-0.2, 0) is 11.3 Å². The Morgan fingerprint density at radius 2 is 2.16 bits per heavy atom. The minimum Gasteiger partial charge on any atom is -0.325 e. The fourth-order valence-corrected chi connectivity index (χ4v) is 6.12. The van der Waals surface area contributed by atoms with E-state index in [4.69, 9.17) is 4.98 Å². The molecule has 9 heteroatoms. The van der Waals surface area contributed by atoms with Crippen LogP contribution in [0.1, 0.15) is 0 Å². The monoisotopic (exact) mass is 485 g/mol. The molecule has 4 rings (SSSR count). The van der Waals surface area contributed by atoms with Crippen LogP contribution in [0.25, 0.3) is 20.7 Å². The van der Waals surface area contributed by atoms with Crippen molar-refractivity contribution in [1.29, 1.82) is 0 Å². The van der Waals surface area contributed by atoms with Gasteiger partial charge in [0, 0.05) is 32.9 Å². The van der Waals surface area contributed by atoms with Crippen LogP contribution in [0.4, 0.5) is 5.69 Å². The number of hydrogen-bond acceptors (Lipinski definition) is 7. The first-order valence-corrected chi connectivity index (χ1v) is 13.3. The Kier molecular flexibility index (Phi) is 6.96. The van der Waals surface area contributed by atoms with Gasteiger partial charge in [0.1, 0.15) is 4.83 Å². The van der Waals surface area contributed by atoms with Crippen LogP contribution in [-0.4, -0.2) is 27.5 Å². The maximum atomic E-state index is 13.3. The van der Waals surface area contributed by atoms with Gasteiger partial charge in [-0.3, -0.25) is 14.2 Å². The van der Waals surface area contributed by atoms with Gasteiger partial charge in [-0.1, -0.05) is 30.0 Å². The lowest BCUT2D eigenvalue weighted by Gasteiger charge is -2.11. The van der Waals surface area contributed by atoms with E-state index >= 15 is 0 Å². The van der Waals surface area contributed by atoms with Crippen molar-refractivity contribution in [3.63, 3.8) is 0 Å². The standard InChI is InChI=1S/C22H19N3O2S4/c1-3-9-25-21(27)19-16(17-8-5-10-29-17)12-30-20(19)24-22(25)31-13-18(26)23-14-6-4-7-15(11-14)28-2/h3-8,10-12H,1,9,13H2,2H3,(H,23,26). The molecule has 0 unspecified atom stereocenters. The molecule has 0 aliphatic rings. The summed E-state index contributed by atoms with van der Waals surface area (Å²) in [6, 6.07) is 11.7. The highest BCUT2D eigenvalue weighted by atomic mass is 32.2. The number of benzene rings is 1. The highest BCUT2D eigenvalue weighted by Gasteiger charge is 2.18. The highest BCUT2D eigenvalue weighted by Crippen LogP contribution is 2.34. The number of rotatable bonds is 8. The molecular weight excluding hydrogens is 467 g/mol. The summed E-state index contributed by atoms with van der Waals surface area (Å²) in [5.41, 5.74) is 1.56. The van der Waals surface area contributed by atoms with Gasteiger partial charge in [0.25, 0.3) is 5.56 Å². The van der Waals surface area contributed by atoms with Crippen molar-refractivity contribution in [2.45, 2.75) is 16.6 Å². The summed E-state index contributed by atoms with van der Waals surface area (Å²) < 4.78 is 1.59. The molecule has 0 aliphatic heterocycles. The minimum atomic E-state index is -0.145. The van der Waals surface area contributed by atoms with E-state index in [-0.39, 0.29) is 17.2 Å². The third-order valence-electron chi connectivity index (χ3n) is 4.44. The number of nitrogens with zero attached hydrogens (tertiary/aromatic N) is 2. The van der Waals surface area contributed by atoms with E-state index in [2.05, 4.69) is 11.9 Å². The molecule has 31 heavy (non-hydrogen) atoms. The zero-order chi connectivity index (χ0) is 21.8. The average Bonchev–Trinajstić information content (AvgIpc) is 3.44.